The lowest BCUT2D eigenvalue weighted by Gasteiger charge is -2.35. The highest BCUT2D eigenvalue weighted by atomic mass is 16.5. The maximum Gasteiger partial charge on any atom is 0.0695 e. The Bertz CT molecular complexity index is 189. The summed E-state index contributed by atoms with van der Waals surface area (Å²) >= 11 is 0. The van der Waals surface area contributed by atoms with Crippen LogP contribution in [0.4, 0.5) is 0 Å². The van der Waals surface area contributed by atoms with E-state index in [1.807, 2.05) is 0 Å². The smallest absolute Gasteiger partial charge is 0.0695 e. The highest BCUT2D eigenvalue weighted by Crippen LogP contribution is 2.25. The Morgan fingerprint density at radius 2 is 2.06 bits per heavy atom. The van der Waals surface area contributed by atoms with Gasteiger partial charge in [0, 0.05) is 32.8 Å². The molecule has 0 heterocycles. The standard InChI is InChI=1S/C12H25NO3/c1-10(9-16-3)13(7-8-15-2)11-5-4-6-12(11)14/h10-12,14H,4-9H2,1-3H3/t10?,11-,12-/m1/s1. The van der Waals surface area contributed by atoms with Crippen LogP contribution >= 0.6 is 0 Å². The van der Waals surface area contributed by atoms with Gasteiger partial charge in [-0.05, 0) is 26.2 Å². The molecule has 0 saturated heterocycles. The first-order chi connectivity index (χ1) is 7.70. The summed E-state index contributed by atoms with van der Waals surface area (Å²) in [5, 5.41) is 9.95. The summed E-state index contributed by atoms with van der Waals surface area (Å²) in [4.78, 5) is 2.32. The van der Waals surface area contributed by atoms with Crippen LogP contribution in [0.1, 0.15) is 26.2 Å². The summed E-state index contributed by atoms with van der Waals surface area (Å²) in [6.07, 6.45) is 2.94. The lowest BCUT2D eigenvalue weighted by Crippen LogP contribution is -2.48. The Hall–Kier alpha value is -0.160. The first kappa shape index (κ1) is 13.9. The number of rotatable bonds is 7. The highest BCUT2D eigenvalue weighted by molar-refractivity contribution is 4.87. The van der Waals surface area contributed by atoms with E-state index >= 15 is 0 Å². The summed E-state index contributed by atoms with van der Waals surface area (Å²) < 4.78 is 10.3. The van der Waals surface area contributed by atoms with Crippen molar-refractivity contribution in [3.8, 4) is 0 Å². The lowest BCUT2D eigenvalue weighted by molar-refractivity contribution is 0.00628. The van der Waals surface area contributed by atoms with Gasteiger partial charge >= 0.3 is 0 Å². The molecule has 1 N–H and O–H groups in total. The lowest BCUT2D eigenvalue weighted by atomic mass is 10.1. The number of nitrogens with zero attached hydrogens (tertiary/aromatic N) is 1. The molecule has 96 valence electrons. The van der Waals surface area contributed by atoms with Gasteiger partial charge < -0.3 is 14.6 Å². The minimum absolute atomic E-state index is 0.184. The van der Waals surface area contributed by atoms with Crippen molar-refractivity contribution in [2.75, 3.05) is 34.0 Å². The van der Waals surface area contributed by atoms with Crippen molar-refractivity contribution < 1.29 is 14.6 Å². The third-order valence-electron chi connectivity index (χ3n) is 3.40. The first-order valence-corrected chi connectivity index (χ1v) is 6.12. The molecule has 1 rings (SSSR count). The average molecular weight is 231 g/mol. The van der Waals surface area contributed by atoms with Crippen molar-refractivity contribution >= 4 is 0 Å². The van der Waals surface area contributed by atoms with Crippen LogP contribution in [0.5, 0.6) is 0 Å². The monoisotopic (exact) mass is 231 g/mol. The Morgan fingerprint density at radius 3 is 2.56 bits per heavy atom. The Labute approximate surface area is 98.5 Å². The van der Waals surface area contributed by atoms with Gasteiger partial charge in [-0.15, -0.1) is 0 Å². The van der Waals surface area contributed by atoms with E-state index in [2.05, 4.69) is 11.8 Å². The SMILES string of the molecule is COCCN(C(C)COC)[C@@H]1CCC[C@H]1O. The number of methoxy groups -OCH3 is 2. The van der Waals surface area contributed by atoms with Gasteiger partial charge in [-0.3, -0.25) is 4.90 Å². The molecule has 0 amide bonds. The maximum absolute atomic E-state index is 9.95. The fraction of sp³-hybridized carbons (Fsp3) is 1.00. The highest BCUT2D eigenvalue weighted by Gasteiger charge is 2.32. The molecular weight excluding hydrogens is 206 g/mol. The summed E-state index contributed by atoms with van der Waals surface area (Å²) in [5.41, 5.74) is 0. The second-order valence-electron chi connectivity index (χ2n) is 4.60. The van der Waals surface area contributed by atoms with E-state index in [0.717, 1.165) is 25.8 Å². The van der Waals surface area contributed by atoms with E-state index in [1.165, 1.54) is 0 Å². The van der Waals surface area contributed by atoms with E-state index in [0.29, 0.717) is 19.3 Å². The van der Waals surface area contributed by atoms with Crippen molar-refractivity contribution in [3.05, 3.63) is 0 Å². The van der Waals surface area contributed by atoms with E-state index in [4.69, 9.17) is 9.47 Å². The quantitative estimate of drug-likeness (QED) is 0.706. The molecule has 0 aromatic heterocycles. The maximum atomic E-state index is 9.95. The molecule has 1 aliphatic rings. The molecule has 1 saturated carbocycles. The molecule has 1 fully saturated rings. The van der Waals surface area contributed by atoms with Gasteiger partial charge in [0.05, 0.1) is 19.3 Å². The first-order valence-electron chi connectivity index (χ1n) is 6.12. The van der Waals surface area contributed by atoms with Gasteiger partial charge in [-0.25, -0.2) is 0 Å². The molecule has 1 aliphatic carbocycles. The molecule has 1 unspecified atom stereocenters. The topological polar surface area (TPSA) is 41.9 Å². The van der Waals surface area contributed by atoms with Crippen LogP contribution in [0.15, 0.2) is 0 Å². The summed E-state index contributed by atoms with van der Waals surface area (Å²) in [5.74, 6) is 0. The fourth-order valence-corrected chi connectivity index (χ4v) is 2.55. The van der Waals surface area contributed by atoms with Crippen LogP contribution in [-0.4, -0.2) is 62.2 Å². The number of aliphatic hydroxyl groups is 1. The Kier molecular flexibility index (Phi) is 6.28. The van der Waals surface area contributed by atoms with Crippen LogP contribution in [0.25, 0.3) is 0 Å². The second kappa shape index (κ2) is 7.22. The van der Waals surface area contributed by atoms with Crippen LogP contribution in [0, 0.1) is 0 Å². The van der Waals surface area contributed by atoms with Crippen molar-refractivity contribution in [2.45, 2.75) is 44.4 Å². The number of hydrogen-bond donors (Lipinski definition) is 1. The molecule has 0 aromatic rings. The van der Waals surface area contributed by atoms with Crippen molar-refractivity contribution in [1.29, 1.82) is 0 Å². The molecule has 0 aliphatic heterocycles. The van der Waals surface area contributed by atoms with E-state index in [9.17, 15) is 5.11 Å². The molecule has 4 heteroatoms. The zero-order valence-corrected chi connectivity index (χ0v) is 10.7. The molecule has 0 bridgehead atoms. The summed E-state index contributed by atoms with van der Waals surface area (Å²) in [6, 6.07) is 0.609. The number of aliphatic hydroxyl groups excluding tert-OH is 1. The third-order valence-corrected chi connectivity index (χ3v) is 3.40. The predicted octanol–water partition coefficient (Wildman–Crippen LogP) is 0.883. The number of ether oxygens (including phenoxy) is 2. The van der Waals surface area contributed by atoms with E-state index in [1.54, 1.807) is 14.2 Å². The van der Waals surface area contributed by atoms with Crippen LogP contribution in [-0.2, 0) is 9.47 Å². The van der Waals surface area contributed by atoms with Gasteiger partial charge in [0.1, 0.15) is 0 Å². The Balaban J connectivity index is 2.54. The molecule has 0 spiro atoms. The predicted molar refractivity (Wildman–Crippen MR) is 63.6 cm³/mol. The van der Waals surface area contributed by atoms with E-state index < -0.39 is 0 Å². The largest absolute Gasteiger partial charge is 0.391 e. The Morgan fingerprint density at radius 1 is 1.31 bits per heavy atom. The van der Waals surface area contributed by atoms with Crippen molar-refractivity contribution in [1.82, 2.24) is 4.90 Å². The zero-order chi connectivity index (χ0) is 12.0. The van der Waals surface area contributed by atoms with Gasteiger partial charge in [0.15, 0.2) is 0 Å². The van der Waals surface area contributed by atoms with Gasteiger partial charge in [0.25, 0.3) is 0 Å². The fourth-order valence-electron chi connectivity index (χ4n) is 2.55. The minimum atomic E-state index is -0.184. The zero-order valence-electron chi connectivity index (χ0n) is 10.7. The molecule has 0 aromatic carbocycles. The molecule has 16 heavy (non-hydrogen) atoms. The average Bonchev–Trinajstić information content (AvgIpc) is 2.66. The van der Waals surface area contributed by atoms with Gasteiger partial charge in [-0.2, -0.15) is 0 Å². The van der Waals surface area contributed by atoms with Crippen LogP contribution in [0.2, 0.25) is 0 Å². The normalized spacial score (nSPS) is 27.6. The second-order valence-corrected chi connectivity index (χ2v) is 4.60. The van der Waals surface area contributed by atoms with Crippen molar-refractivity contribution in [3.63, 3.8) is 0 Å². The third kappa shape index (κ3) is 3.70. The van der Waals surface area contributed by atoms with Gasteiger partial charge in [-0.1, -0.05) is 0 Å². The van der Waals surface area contributed by atoms with Crippen LogP contribution in [0.3, 0.4) is 0 Å². The van der Waals surface area contributed by atoms with Crippen LogP contribution < -0.4 is 0 Å². The summed E-state index contributed by atoms with van der Waals surface area (Å²) in [6.45, 7) is 4.41. The number of hydrogen-bond acceptors (Lipinski definition) is 4. The van der Waals surface area contributed by atoms with Crippen molar-refractivity contribution in [2.24, 2.45) is 0 Å². The summed E-state index contributed by atoms with van der Waals surface area (Å²) in [7, 11) is 3.43. The minimum Gasteiger partial charge on any atom is -0.391 e. The molecule has 4 nitrogen and oxygen atoms in total. The van der Waals surface area contributed by atoms with Gasteiger partial charge in [0.2, 0.25) is 0 Å². The molecular formula is C12H25NO3. The van der Waals surface area contributed by atoms with E-state index in [-0.39, 0.29) is 12.1 Å². The molecule has 0 radical (unpaired) electrons. The molecule has 3 atom stereocenters.